The van der Waals surface area contributed by atoms with Gasteiger partial charge in [0.25, 0.3) is 0 Å². The molecule has 156 valence electrons. The molecule has 2 amide bonds. The first-order valence-electron chi connectivity index (χ1n) is 8.79. The first-order chi connectivity index (χ1) is 12.7. The first kappa shape index (κ1) is 23.9. The molecule has 0 aromatic carbocycles. The zero-order valence-electron chi connectivity index (χ0n) is 17.3. The van der Waals surface area contributed by atoms with Gasteiger partial charge in [-0.3, -0.25) is 0 Å². The Hall–Kier alpha value is -2.16. The lowest BCUT2D eigenvalue weighted by atomic mass is 10.2. The molecule has 0 aliphatic carbocycles. The normalized spacial score (nSPS) is 11.6. The fourth-order valence-corrected chi connectivity index (χ4v) is 2.42. The zero-order valence-corrected chi connectivity index (χ0v) is 18.9. The summed E-state index contributed by atoms with van der Waals surface area (Å²) in [6, 6.07) is 3.08. The zero-order chi connectivity index (χ0) is 21.7. The summed E-state index contributed by atoms with van der Waals surface area (Å²) in [5, 5.41) is 0. The Kier molecular flexibility index (Phi) is 7.98. The molecule has 0 unspecified atom stereocenters. The highest BCUT2D eigenvalue weighted by atomic mass is 79.9. The van der Waals surface area contributed by atoms with Gasteiger partial charge < -0.3 is 14.2 Å². The van der Waals surface area contributed by atoms with E-state index in [2.05, 4.69) is 20.9 Å². The van der Waals surface area contributed by atoms with Crippen molar-refractivity contribution in [1.29, 1.82) is 0 Å². The third-order valence-electron chi connectivity index (χ3n) is 2.88. The number of halogens is 1. The predicted octanol–water partition coefficient (Wildman–Crippen LogP) is 4.69. The van der Waals surface area contributed by atoms with Crippen molar-refractivity contribution in [2.24, 2.45) is 0 Å². The number of nitrogens with zero attached hydrogens (tertiary/aromatic N) is 2. The monoisotopic (exact) mass is 458 g/mol. The van der Waals surface area contributed by atoms with Crippen molar-refractivity contribution >= 4 is 34.1 Å². The third-order valence-corrected chi connectivity index (χ3v) is 3.33. The number of hydrogen-bond donors (Lipinski definition) is 0. The highest BCUT2D eigenvalue weighted by Crippen LogP contribution is 2.19. The fraction of sp³-hybridized carbons (Fsp3) is 0.579. The SMILES string of the molecule is CCOC(=O)c1cc(Br)cc(CN(C(=O)OC(C)(C)C)C(=O)OC(C)(C)C)n1. The van der Waals surface area contributed by atoms with Crippen LogP contribution in [0.25, 0.3) is 0 Å². The van der Waals surface area contributed by atoms with Crippen LogP contribution < -0.4 is 0 Å². The van der Waals surface area contributed by atoms with Gasteiger partial charge in [-0.15, -0.1) is 0 Å². The molecule has 9 heteroatoms. The molecule has 28 heavy (non-hydrogen) atoms. The number of esters is 1. The van der Waals surface area contributed by atoms with Crippen molar-refractivity contribution in [3.05, 3.63) is 28.0 Å². The van der Waals surface area contributed by atoms with E-state index in [-0.39, 0.29) is 24.5 Å². The Morgan fingerprint density at radius 2 is 1.50 bits per heavy atom. The molecule has 0 atom stereocenters. The average Bonchev–Trinajstić information content (AvgIpc) is 2.48. The number of imide groups is 1. The Balaban J connectivity index is 3.20. The smallest absolute Gasteiger partial charge is 0.420 e. The van der Waals surface area contributed by atoms with Gasteiger partial charge in [0.15, 0.2) is 0 Å². The summed E-state index contributed by atoms with van der Waals surface area (Å²) in [6.45, 7) is 11.8. The van der Waals surface area contributed by atoms with E-state index in [1.54, 1.807) is 54.5 Å². The minimum absolute atomic E-state index is 0.0551. The summed E-state index contributed by atoms with van der Waals surface area (Å²) in [4.78, 5) is 42.1. The highest BCUT2D eigenvalue weighted by Gasteiger charge is 2.32. The van der Waals surface area contributed by atoms with E-state index in [1.165, 1.54) is 6.07 Å². The molecule has 0 saturated carbocycles. The highest BCUT2D eigenvalue weighted by molar-refractivity contribution is 9.10. The van der Waals surface area contributed by atoms with Crippen LogP contribution in [0.4, 0.5) is 9.59 Å². The molecule has 0 radical (unpaired) electrons. The molecule has 0 bridgehead atoms. The fourth-order valence-electron chi connectivity index (χ4n) is 1.94. The van der Waals surface area contributed by atoms with Crippen molar-refractivity contribution in [2.45, 2.75) is 66.2 Å². The van der Waals surface area contributed by atoms with Crippen LogP contribution in [-0.4, -0.2) is 45.8 Å². The molecular formula is C19H27BrN2O6. The van der Waals surface area contributed by atoms with E-state index in [9.17, 15) is 14.4 Å². The maximum absolute atomic E-state index is 12.6. The van der Waals surface area contributed by atoms with E-state index in [0.717, 1.165) is 4.90 Å². The number of hydrogen-bond acceptors (Lipinski definition) is 7. The van der Waals surface area contributed by atoms with Crippen molar-refractivity contribution < 1.29 is 28.6 Å². The molecule has 0 fully saturated rings. The van der Waals surface area contributed by atoms with E-state index < -0.39 is 29.4 Å². The van der Waals surface area contributed by atoms with Gasteiger partial charge in [-0.1, -0.05) is 15.9 Å². The second-order valence-electron chi connectivity index (χ2n) is 7.93. The van der Waals surface area contributed by atoms with Gasteiger partial charge in [0.1, 0.15) is 16.9 Å². The number of carbonyl (C=O) groups excluding carboxylic acids is 3. The van der Waals surface area contributed by atoms with Crippen LogP contribution in [0.2, 0.25) is 0 Å². The Labute approximate surface area is 173 Å². The number of rotatable bonds is 4. The number of amides is 2. The quantitative estimate of drug-likeness (QED) is 0.476. The van der Waals surface area contributed by atoms with Gasteiger partial charge in [-0.05, 0) is 60.6 Å². The summed E-state index contributed by atoms with van der Waals surface area (Å²) < 4.78 is 16.1. The minimum atomic E-state index is -0.874. The summed E-state index contributed by atoms with van der Waals surface area (Å²) in [5.74, 6) is -0.605. The molecule has 0 N–H and O–H groups in total. The van der Waals surface area contributed by atoms with Crippen LogP contribution in [0.15, 0.2) is 16.6 Å². The summed E-state index contributed by atoms with van der Waals surface area (Å²) in [5.41, 5.74) is -1.27. The summed E-state index contributed by atoms with van der Waals surface area (Å²) >= 11 is 3.30. The molecule has 0 aliphatic heterocycles. The molecule has 1 rings (SSSR count). The topological polar surface area (TPSA) is 95.0 Å². The first-order valence-corrected chi connectivity index (χ1v) is 9.58. The Morgan fingerprint density at radius 1 is 1.00 bits per heavy atom. The standard InChI is InChI=1S/C19H27BrN2O6/c1-8-26-15(23)14-10-12(20)9-13(21-14)11-22(16(24)27-18(2,3)4)17(25)28-19(5,6)7/h9-10H,8,11H2,1-7H3. The molecule has 0 saturated heterocycles. The molecule has 0 spiro atoms. The largest absolute Gasteiger partial charge is 0.461 e. The molecule has 8 nitrogen and oxygen atoms in total. The number of carbonyl (C=O) groups is 3. The Bertz CT molecular complexity index is 709. The Morgan fingerprint density at radius 3 is 1.93 bits per heavy atom. The number of aromatic nitrogens is 1. The predicted molar refractivity (Wildman–Crippen MR) is 106 cm³/mol. The van der Waals surface area contributed by atoms with Gasteiger partial charge >= 0.3 is 18.2 Å². The van der Waals surface area contributed by atoms with E-state index in [4.69, 9.17) is 14.2 Å². The lowest BCUT2D eigenvalue weighted by molar-refractivity contribution is -0.000487. The van der Waals surface area contributed by atoms with Gasteiger partial charge in [0, 0.05) is 4.47 Å². The lowest BCUT2D eigenvalue weighted by Crippen LogP contribution is -2.43. The average molecular weight is 459 g/mol. The molecule has 0 aliphatic rings. The van der Waals surface area contributed by atoms with Crippen molar-refractivity contribution in [3.8, 4) is 0 Å². The third kappa shape index (κ3) is 8.24. The van der Waals surface area contributed by atoms with Gasteiger partial charge in [0.05, 0.1) is 18.8 Å². The van der Waals surface area contributed by atoms with Crippen LogP contribution in [-0.2, 0) is 20.8 Å². The van der Waals surface area contributed by atoms with Gasteiger partial charge in [-0.25, -0.2) is 24.3 Å². The van der Waals surface area contributed by atoms with Gasteiger partial charge in [0.2, 0.25) is 0 Å². The second kappa shape index (κ2) is 9.36. The van der Waals surface area contributed by atoms with E-state index in [0.29, 0.717) is 4.47 Å². The lowest BCUT2D eigenvalue weighted by Gasteiger charge is -2.28. The molecule has 1 aromatic heterocycles. The number of pyridine rings is 1. The summed E-state index contributed by atoms with van der Waals surface area (Å²) in [7, 11) is 0. The van der Waals surface area contributed by atoms with Crippen LogP contribution in [0, 0.1) is 0 Å². The maximum atomic E-state index is 12.6. The van der Waals surface area contributed by atoms with Crippen molar-refractivity contribution in [2.75, 3.05) is 6.61 Å². The second-order valence-corrected chi connectivity index (χ2v) is 8.84. The van der Waals surface area contributed by atoms with E-state index >= 15 is 0 Å². The van der Waals surface area contributed by atoms with Gasteiger partial charge in [-0.2, -0.15) is 0 Å². The number of ether oxygens (including phenoxy) is 3. The maximum Gasteiger partial charge on any atom is 0.420 e. The van der Waals surface area contributed by atoms with E-state index in [1.807, 2.05) is 0 Å². The van der Waals surface area contributed by atoms with Crippen molar-refractivity contribution in [3.63, 3.8) is 0 Å². The van der Waals surface area contributed by atoms with Crippen LogP contribution in [0.1, 0.15) is 64.6 Å². The molecule has 1 aromatic rings. The van der Waals surface area contributed by atoms with Crippen LogP contribution in [0.5, 0.6) is 0 Å². The van der Waals surface area contributed by atoms with Crippen LogP contribution in [0.3, 0.4) is 0 Å². The molecular weight excluding hydrogens is 432 g/mol. The molecule has 1 heterocycles. The summed E-state index contributed by atoms with van der Waals surface area (Å²) in [6.07, 6.45) is -1.75. The van der Waals surface area contributed by atoms with Crippen LogP contribution >= 0.6 is 15.9 Å². The van der Waals surface area contributed by atoms with Crippen molar-refractivity contribution in [1.82, 2.24) is 9.88 Å². The minimum Gasteiger partial charge on any atom is -0.461 e.